The first-order valence-electron chi connectivity index (χ1n) is 22.0. The Morgan fingerprint density at radius 1 is 0.889 bits per heavy atom. The van der Waals surface area contributed by atoms with E-state index in [1.807, 2.05) is 25.4 Å². The number of amides is 6. The van der Waals surface area contributed by atoms with Gasteiger partial charge < -0.3 is 34.6 Å². The molecule has 330 valence electrons. The van der Waals surface area contributed by atoms with Crippen LogP contribution < -0.4 is 20.7 Å². The maximum atomic E-state index is 13.4. The molecule has 1 atom stereocenters. The molecule has 19 nitrogen and oxygen atoms in total. The number of fused-ring (bicyclic) bond motifs is 2. The zero-order valence-electron chi connectivity index (χ0n) is 35.3. The van der Waals surface area contributed by atoms with Gasteiger partial charge in [0, 0.05) is 76.6 Å². The van der Waals surface area contributed by atoms with E-state index in [0.717, 1.165) is 105 Å². The van der Waals surface area contributed by atoms with Crippen molar-refractivity contribution in [2.45, 2.75) is 70.0 Å². The van der Waals surface area contributed by atoms with Gasteiger partial charge in [0.25, 0.3) is 23.6 Å². The van der Waals surface area contributed by atoms with Gasteiger partial charge in [-0.15, -0.1) is 0 Å². The van der Waals surface area contributed by atoms with E-state index in [0.29, 0.717) is 24.7 Å². The Labute approximate surface area is 363 Å². The number of nitrogens with one attached hydrogen (secondary N) is 3. The Morgan fingerprint density at radius 3 is 2.44 bits per heavy atom. The Morgan fingerprint density at radius 2 is 1.67 bits per heavy atom. The molecule has 9 rings (SSSR count). The van der Waals surface area contributed by atoms with E-state index in [1.54, 1.807) is 29.4 Å². The summed E-state index contributed by atoms with van der Waals surface area (Å²) in [5, 5.41) is 8.77. The fourth-order valence-electron chi connectivity index (χ4n) is 9.38. The van der Waals surface area contributed by atoms with Crippen molar-refractivity contribution >= 4 is 52.4 Å². The van der Waals surface area contributed by atoms with Crippen LogP contribution in [0.2, 0.25) is 0 Å². The number of ether oxygens (including phenoxy) is 1. The van der Waals surface area contributed by atoms with Crippen LogP contribution in [0.25, 0.3) is 11.2 Å². The van der Waals surface area contributed by atoms with Crippen LogP contribution in [-0.4, -0.2) is 157 Å². The molecule has 19 heteroatoms. The standard InChI is InChI=1S/C44H52N12O7/c1-27-5-2-7-32(49-27)41(59)50-29-21-30(22-29)55-26-48-38-39(46-25-47-40(38)55)45-13-4-14-52-17-19-53(20-18-52)23-28-11-15-54(16-12-28)36(58)24-63-34-8-3-6-31-37(34)44(62)56(43(31)61)33-9-10-35(57)51-42(33)60/h2-3,5-8,25-26,28-30,33H,4,9-24H2,1H3,(H,50,59)(H,45,46,47)(H,51,57,60)/t29?,30?,33-/m1/s1. The van der Waals surface area contributed by atoms with Gasteiger partial charge in [-0.1, -0.05) is 12.1 Å². The van der Waals surface area contributed by atoms with Crippen molar-refractivity contribution in [1.82, 2.24) is 54.7 Å². The van der Waals surface area contributed by atoms with E-state index >= 15 is 0 Å². The summed E-state index contributed by atoms with van der Waals surface area (Å²) in [6, 6.07) is 9.27. The topological polar surface area (TPSA) is 217 Å². The molecule has 3 saturated heterocycles. The highest BCUT2D eigenvalue weighted by molar-refractivity contribution is 6.24. The number of aryl methyl sites for hydroxylation is 1. The van der Waals surface area contributed by atoms with Crippen LogP contribution >= 0.6 is 0 Å². The molecule has 63 heavy (non-hydrogen) atoms. The summed E-state index contributed by atoms with van der Waals surface area (Å²) >= 11 is 0. The number of rotatable bonds is 14. The number of benzene rings is 1. The predicted octanol–water partition coefficient (Wildman–Crippen LogP) is 1.80. The average Bonchev–Trinajstić information content (AvgIpc) is 3.81. The number of aromatic nitrogens is 5. The summed E-state index contributed by atoms with van der Waals surface area (Å²) in [6.45, 7) is 9.61. The van der Waals surface area contributed by atoms with Gasteiger partial charge in [0.2, 0.25) is 11.8 Å². The SMILES string of the molecule is Cc1cccc(C(=O)NC2CC(n3cnc4c(NCCCN5CCN(CC6CCN(C(=O)COc7cccc8c7C(=O)N([C@@H]7CCC(=O)NC7=O)C8=O)CC6)CC5)ncnc43)C2)n1. The van der Waals surface area contributed by atoms with Gasteiger partial charge >= 0.3 is 0 Å². The highest BCUT2D eigenvalue weighted by atomic mass is 16.5. The number of likely N-dealkylation sites (tertiary alicyclic amines) is 1. The fraction of sp³-hybridized carbons (Fsp3) is 0.500. The van der Waals surface area contributed by atoms with Crippen LogP contribution in [0.4, 0.5) is 5.82 Å². The molecule has 1 aliphatic carbocycles. The summed E-state index contributed by atoms with van der Waals surface area (Å²) in [7, 11) is 0. The normalized spacial score (nSPS) is 22.2. The van der Waals surface area contributed by atoms with Crippen molar-refractivity contribution in [2.24, 2.45) is 5.92 Å². The quantitative estimate of drug-likeness (QED) is 0.122. The van der Waals surface area contributed by atoms with Crippen LogP contribution in [0.5, 0.6) is 5.75 Å². The maximum absolute atomic E-state index is 13.4. The molecule has 3 aromatic heterocycles. The number of nitrogens with zero attached hydrogens (tertiary/aromatic N) is 9. The van der Waals surface area contributed by atoms with Gasteiger partial charge in [-0.05, 0) is 82.2 Å². The summed E-state index contributed by atoms with van der Waals surface area (Å²) in [5.74, 6) is -1.40. The Kier molecular flexibility index (Phi) is 12.1. The number of piperazine rings is 1. The molecule has 4 aromatic rings. The van der Waals surface area contributed by atoms with Gasteiger partial charge in [-0.3, -0.25) is 39.0 Å². The minimum atomic E-state index is -1.08. The molecule has 6 amide bonds. The number of carbonyl (C=O) groups excluding carboxylic acids is 6. The Hall–Kier alpha value is -6.34. The lowest BCUT2D eigenvalue weighted by Gasteiger charge is -2.39. The lowest BCUT2D eigenvalue weighted by Crippen LogP contribution is -2.54. The van der Waals surface area contributed by atoms with E-state index in [-0.39, 0.29) is 60.2 Å². The van der Waals surface area contributed by atoms with Gasteiger partial charge in [0.1, 0.15) is 29.3 Å². The van der Waals surface area contributed by atoms with Crippen molar-refractivity contribution in [3.8, 4) is 5.75 Å². The second-order valence-electron chi connectivity index (χ2n) is 17.2. The molecule has 1 saturated carbocycles. The van der Waals surface area contributed by atoms with Crippen molar-refractivity contribution < 1.29 is 33.5 Å². The molecule has 4 aliphatic heterocycles. The van der Waals surface area contributed by atoms with Crippen LogP contribution in [0.15, 0.2) is 49.1 Å². The highest BCUT2D eigenvalue weighted by Crippen LogP contribution is 2.36. The first-order valence-corrected chi connectivity index (χ1v) is 22.0. The molecule has 3 N–H and O–H groups in total. The summed E-state index contributed by atoms with van der Waals surface area (Å²) < 4.78 is 7.94. The van der Waals surface area contributed by atoms with E-state index in [1.165, 1.54) is 6.07 Å². The second-order valence-corrected chi connectivity index (χ2v) is 17.2. The Bertz CT molecular complexity index is 2420. The summed E-state index contributed by atoms with van der Waals surface area (Å²) in [4.78, 5) is 102. The first-order chi connectivity index (χ1) is 30.6. The minimum absolute atomic E-state index is 0.0301. The van der Waals surface area contributed by atoms with Crippen molar-refractivity contribution in [1.29, 1.82) is 0 Å². The number of hydrogen-bond acceptors (Lipinski definition) is 14. The molecular formula is C44H52N12O7. The molecule has 1 aromatic carbocycles. The third kappa shape index (κ3) is 8.97. The molecule has 0 spiro atoms. The smallest absolute Gasteiger partial charge is 0.270 e. The first kappa shape index (κ1) is 42.0. The molecule has 0 unspecified atom stereocenters. The third-order valence-corrected chi connectivity index (χ3v) is 13.0. The number of piperidine rings is 2. The lowest BCUT2D eigenvalue weighted by atomic mass is 9.86. The monoisotopic (exact) mass is 860 g/mol. The van der Waals surface area contributed by atoms with Crippen molar-refractivity contribution in [3.63, 3.8) is 0 Å². The van der Waals surface area contributed by atoms with Crippen LogP contribution in [0.1, 0.15) is 87.9 Å². The van der Waals surface area contributed by atoms with Gasteiger partial charge in [-0.2, -0.15) is 0 Å². The molecular weight excluding hydrogens is 809 g/mol. The number of pyridine rings is 1. The van der Waals surface area contributed by atoms with E-state index in [2.05, 4.69) is 50.3 Å². The van der Waals surface area contributed by atoms with E-state index in [9.17, 15) is 28.8 Å². The van der Waals surface area contributed by atoms with Gasteiger partial charge in [0.15, 0.2) is 18.1 Å². The summed E-state index contributed by atoms with van der Waals surface area (Å²) in [6.07, 6.45) is 7.84. The largest absolute Gasteiger partial charge is 0.483 e. The van der Waals surface area contributed by atoms with Crippen molar-refractivity contribution in [3.05, 3.63) is 71.6 Å². The number of imide groups is 2. The maximum Gasteiger partial charge on any atom is 0.270 e. The zero-order valence-corrected chi connectivity index (χ0v) is 35.3. The van der Waals surface area contributed by atoms with Gasteiger partial charge in [0.05, 0.1) is 17.5 Å². The molecule has 4 fully saturated rings. The molecule has 0 bridgehead atoms. The lowest BCUT2D eigenvalue weighted by molar-refractivity contribution is -0.136. The van der Waals surface area contributed by atoms with Crippen LogP contribution in [0, 0.1) is 12.8 Å². The Balaban J connectivity index is 0.662. The molecule has 5 aliphatic rings. The van der Waals surface area contributed by atoms with Crippen molar-refractivity contribution in [2.75, 3.05) is 70.8 Å². The van der Waals surface area contributed by atoms with E-state index in [4.69, 9.17) is 4.74 Å². The average molecular weight is 861 g/mol. The molecule has 7 heterocycles. The summed E-state index contributed by atoms with van der Waals surface area (Å²) in [5.41, 5.74) is 2.93. The molecule has 0 radical (unpaired) electrons. The predicted molar refractivity (Wildman–Crippen MR) is 228 cm³/mol. The number of anilines is 1. The fourth-order valence-corrected chi connectivity index (χ4v) is 9.38. The number of carbonyl (C=O) groups is 6. The highest BCUT2D eigenvalue weighted by Gasteiger charge is 2.46. The minimum Gasteiger partial charge on any atom is -0.483 e. The third-order valence-electron chi connectivity index (χ3n) is 13.0. The zero-order chi connectivity index (χ0) is 43.6. The van der Waals surface area contributed by atoms with Crippen LogP contribution in [0.3, 0.4) is 0 Å². The van der Waals surface area contributed by atoms with E-state index < -0.39 is 29.7 Å². The van der Waals surface area contributed by atoms with Gasteiger partial charge in [-0.25, -0.2) is 19.9 Å². The number of imidazole rings is 1. The van der Waals surface area contributed by atoms with Crippen LogP contribution in [-0.2, 0) is 14.4 Å². The second kappa shape index (κ2) is 18.2. The number of hydrogen-bond donors (Lipinski definition) is 3.